The Labute approximate surface area is 157 Å². The highest BCUT2D eigenvalue weighted by atomic mass is 19.4. The number of esters is 1. The van der Waals surface area contributed by atoms with E-state index < -0.39 is 72.7 Å². The second-order valence-electron chi connectivity index (χ2n) is 5.72. The van der Waals surface area contributed by atoms with Gasteiger partial charge in [-0.2, -0.15) is 52.7 Å². The van der Waals surface area contributed by atoms with Crippen molar-refractivity contribution in [2.45, 2.75) is 55.2 Å². The summed E-state index contributed by atoms with van der Waals surface area (Å²) in [6.07, 6.45) is -13.9. The van der Waals surface area contributed by atoms with E-state index in [9.17, 15) is 66.7 Å². The average molecular weight is 476 g/mol. The molecule has 0 aliphatic rings. The third kappa shape index (κ3) is 4.58. The van der Waals surface area contributed by atoms with Crippen LogP contribution >= 0.6 is 0 Å². The molecule has 176 valence electrons. The van der Waals surface area contributed by atoms with E-state index in [4.69, 9.17) is 5.11 Å². The number of carboxylic acid groups (broad SMARTS) is 1. The maximum atomic E-state index is 13.4. The number of alkyl halides is 13. The molecule has 1 atom stereocenters. The summed E-state index contributed by atoms with van der Waals surface area (Å²) in [6, 6.07) is 0. The Hall–Kier alpha value is -2.23. The fraction of sp³-hybridized carbons (Fsp3) is 0.692. The van der Waals surface area contributed by atoms with Crippen LogP contribution in [0.15, 0.2) is 12.2 Å². The molecule has 0 heterocycles. The van der Waals surface area contributed by atoms with Gasteiger partial charge in [0.05, 0.1) is 6.42 Å². The van der Waals surface area contributed by atoms with Crippen molar-refractivity contribution in [3.8, 4) is 0 Å². The lowest BCUT2D eigenvalue weighted by Gasteiger charge is -2.40. The zero-order chi connectivity index (χ0) is 24.7. The standard InChI is InChI=1S/C13H9F13O4/c1-4(3-5(27)28)6(29)30-10(19,20)7(14)9(17,18)12(23,24)13(25,26)11(21,22)8(2,15)16/h7H,1,3H2,2H3,(H,27,28). The van der Waals surface area contributed by atoms with Gasteiger partial charge in [0, 0.05) is 12.5 Å². The Balaban J connectivity index is 6.06. The number of aliphatic carboxylic acids is 1. The number of hydrogen-bond donors (Lipinski definition) is 1. The number of rotatable bonds is 10. The maximum absolute atomic E-state index is 13.4. The molecule has 0 aromatic carbocycles. The summed E-state index contributed by atoms with van der Waals surface area (Å²) in [5, 5.41) is 8.24. The van der Waals surface area contributed by atoms with Crippen molar-refractivity contribution in [2.24, 2.45) is 0 Å². The van der Waals surface area contributed by atoms with Crippen LogP contribution in [0.1, 0.15) is 13.3 Å². The summed E-state index contributed by atoms with van der Waals surface area (Å²) < 4.78 is 174. The van der Waals surface area contributed by atoms with Crippen molar-refractivity contribution < 1.29 is 76.5 Å². The molecule has 0 aliphatic heterocycles. The van der Waals surface area contributed by atoms with Gasteiger partial charge in [-0.25, -0.2) is 9.18 Å². The summed E-state index contributed by atoms with van der Waals surface area (Å²) in [5.41, 5.74) is -1.48. The summed E-state index contributed by atoms with van der Waals surface area (Å²) in [6.45, 7) is 1.41. The Morgan fingerprint density at radius 1 is 0.867 bits per heavy atom. The highest BCUT2D eigenvalue weighted by Crippen LogP contribution is 2.59. The number of carbonyl (C=O) groups is 2. The number of carboxylic acids is 1. The van der Waals surface area contributed by atoms with Crippen LogP contribution in [0.5, 0.6) is 0 Å². The van der Waals surface area contributed by atoms with Crippen LogP contribution in [0, 0.1) is 0 Å². The fourth-order valence-corrected chi connectivity index (χ4v) is 1.55. The van der Waals surface area contributed by atoms with Gasteiger partial charge in [-0.3, -0.25) is 4.79 Å². The van der Waals surface area contributed by atoms with Crippen LogP contribution in [-0.4, -0.2) is 58.9 Å². The molecule has 0 radical (unpaired) electrons. The number of hydrogen-bond acceptors (Lipinski definition) is 3. The van der Waals surface area contributed by atoms with Crippen LogP contribution in [-0.2, 0) is 14.3 Å². The highest BCUT2D eigenvalue weighted by molar-refractivity contribution is 5.92. The first-order valence-electron chi connectivity index (χ1n) is 6.91. The van der Waals surface area contributed by atoms with E-state index in [0.29, 0.717) is 0 Å². The van der Waals surface area contributed by atoms with Gasteiger partial charge in [0.15, 0.2) is 0 Å². The fourth-order valence-electron chi connectivity index (χ4n) is 1.55. The summed E-state index contributed by atoms with van der Waals surface area (Å²) in [5.74, 6) is -41.2. The second kappa shape index (κ2) is 7.79. The van der Waals surface area contributed by atoms with E-state index in [2.05, 4.69) is 11.3 Å². The summed E-state index contributed by atoms with van der Waals surface area (Å²) >= 11 is 0. The van der Waals surface area contributed by atoms with Gasteiger partial charge in [-0.05, 0) is 0 Å². The molecule has 1 N–H and O–H groups in total. The molecule has 1 unspecified atom stereocenters. The van der Waals surface area contributed by atoms with Crippen LogP contribution in [0.3, 0.4) is 0 Å². The second-order valence-corrected chi connectivity index (χ2v) is 5.72. The van der Waals surface area contributed by atoms with E-state index >= 15 is 0 Å². The lowest BCUT2D eigenvalue weighted by molar-refractivity contribution is -0.419. The maximum Gasteiger partial charge on any atom is 0.438 e. The van der Waals surface area contributed by atoms with Gasteiger partial charge in [0.2, 0.25) is 0 Å². The van der Waals surface area contributed by atoms with Crippen molar-refractivity contribution in [1.29, 1.82) is 0 Å². The van der Waals surface area contributed by atoms with Crippen molar-refractivity contribution in [3.05, 3.63) is 12.2 Å². The molecule has 0 amide bonds. The Morgan fingerprint density at radius 2 is 1.27 bits per heavy atom. The monoisotopic (exact) mass is 476 g/mol. The van der Waals surface area contributed by atoms with Crippen molar-refractivity contribution in [3.63, 3.8) is 0 Å². The lowest BCUT2D eigenvalue weighted by atomic mass is 9.92. The summed E-state index contributed by atoms with van der Waals surface area (Å²) in [7, 11) is 0. The number of carbonyl (C=O) groups excluding carboxylic acids is 1. The first kappa shape index (κ1) is 27.8. The molecule has 0 fully saturated rings. The van der Waals surface area contributed by atoms with E-state index in [-0.39, 0.29) is 0 Å². The number of ether oxygens (including phenoxy) is 1. The zero-order valence-electron chi connectivity index (χ0n) is 14.1. The molecule has 0 aromatic rings. The predicted molar refractivity (Wildman–Crippen MR) is 67.7 cm³/mol. The zero-order valence-corrected chi connectivity index (χ0v) is 14.1. The molecular formula is C13H9F13O4. The molecule has 0 rings (SSSR count). The smallest absolute Gasteiger partial charge is 0.438 e. The largest absolute Gasteiger partial charge is 0.481 e. The first-order valence-corrected chi connectivity index (χ1v) is 6.91. The predicted octanol–water partition coefficient (Wildman–Crippen LogP) is 4.69. The third-order valence-corrected chi connectivity index (χ3v) is 3.25. The van der Waals surface area contributed by atoms with Crippen molar-refractivity contribution in [2.75, 3.05) is 0 Å². The molecule has 0 aromatic heterocycles. The van der Waals surface area contributed by atoms with Crippen molar-refractivity contribution in [1.82, 2.24) is 0 Å². The Bertz CT molecular complexity index is 696. The van der Waals surface area contributed by atoms with Gasteiger partial charge < -0.3 is 9.84 Å². The van der Waals surface area contributed by atoms with Gasteiger partial charge in [0.25, 0.3) is 6.17 Å². The minimum atomic E-state index is -7.88. The topological polar surface area (TPSA) is 63.6 Å². The molecule has 0 aliphatic carbocycles. The third-order valence-electron chi connectivity index (χ3n) is 3.25. The minimum Gasteiger partial charge on any atom is -0.481 e. The molecule has 0 spiro atoms. The lowest BCUT2D eigenvalue weighted by Crippen LogP contribution is -2.70. The van der Waals surface area contributed by atoms with E-state index in [1.165, 1.54) is 0 Å². The average Bonchev–Trinajstić information content (AvgIpc) is 2.51. The molecule has 4 nitrogen and oxygen atoms in total. The van der Waals surface area contributed by atoms with Crippen LogP contribution in [0.2, 0.25) is 0 Å². The van der Waals surface area contributed by atoms with E-state index in [1.54, 1.807) is 0 Å². The normalized spacial score (nSPS) is 15.5. The molecule has 0 saturated carbocycles. The van der Waals surface area contributed by atoms with Gasteiger partial charge in [-0.1, -0.05) is 6.58 Å². The van der Waals surface area contributed by atoms with Crippen LogP contribution < -0.4 is 0 Å². The van der Waals surface area contributed by atoms with Crippen LogP contribution in [0.4, 0.5) is 57.1 Å². The molecular weight excluding hydrogens is 467 g/mol. The Morgan fingerprint density at radius 3 is 1.60 bits per heavy atom. The summed E-state index contributed by atoms with van der Waals surface area (Å²) in [4.78, 5) is 21.3. The van der Waals surface area contributed by atoms with E-state index in [0.717, 1.165) is 0 Å². The van der Waals surface area contributed by atoms with Gasteiger partial charge >= 0.3 is 47.7 Å². The first-order chi connectivity index (χ1) is 12.9. The molecule has 17 heteroatoms. The SMILES string of the molecule is C=C(CC(=O)O)C(=O)OC(F)(F)C(F)C(F)(F)C(F)(F)C(F)(F)C(F)(F)C(C)(F)F. The van der Waals surface area contributed by atoms with Crippen LogP contribution in [0.25, 0.3) is 0 Å². The number of halogens is 13. The highest BCUT2D eigenvalue weighted by Gasteiger charge is 2.88. The molecule has 0 bridgehead atoms. The minimum absolute atomic E-state index is 1.09. The quantitative estimate of drug-likeness (QED) is 0.283. The van der Waals surface area contributed by atoms with Crippen molar-refractivity contribution >= 4 is 11.9 Å². The molecule has 30 heavy (non-hydrogen) atoms. The van der Waals surface area contributed by atoms with Gasteiger partial charge in [-0.15, -0.1) is 0 Å². The van der Waals surface area contributed by atoms with Gasteiger partial charge in [0.1, 0.15) is 0 Å². The molecule has 0 saturated heterocycles. The van der Waals surface area contributed by atoms with E-state index in [1.807, 2.05) is 0 Å². The Kier molecular flexibility index (Phi) is 7.21.